The number of nitrogens with one attached hydrogen (secondary N) is 1. The summed E-state index contributed by atoms with van der Waals surface area (Å²) in [6.45, 7) is 5.25. The Morgan fingerprint density at radius 2 is 2.25 bits per heavy atom. The summed E-state index contributed by atoms with van der Waals surface area (Å²) in [6.07, 6.45) is 1.05. The van der Waals surface area contributed by atoms with Crippen LogP contribution in [0, 0.1) is 0 Å². The molecule has 0 fully saturated rings. The molecule has 0 aliphatic heterocycles. The zero-order valence-corrected chi connectivity index (χ0v) is 11.1. The van der Waals surface area contributed by atoms with Gasteiger partial charge >= 0.3 is 0 Å². The molecule has 0 spiro atoms. The first kappa shape index (κ1) is 11.7. The summed E-state index contributed by atoms with van der Waals surface area (Å²) < 4.78 is 0. The van der Waals surface area contributed by atoms with E-state index < -0.39 is 0 Å². The van der Waals surface area contributed by atoms with Crippen LogP contribution in [0.2, 0.25) is 0 Å². The van der Waals surface area contributed by atoms with Gasteiger partial charge < -0.3 is 5.32 Å². The van der Waals surface area contributed by atoms with Gasteiger partial charge in [0.25, 0.3) is 0 Å². The van der Waals surface area contributed by atoms with Crippen LogP contribution in [0.15, 0.2) is 17.5 Å². The minimum Gasteiger partial charge on any atom is -0.308 e. The largest absolute Gasteiger partial charge is 0.308 e. The molecule has 5 heteroatoms. The predicted molar refractivity (Wildman–Crippen MR) is 69.9 cm³/mol. The molecule has 0 aliphatic carbocycles. The molecule has 0 amide bonds. The molecular formula is C11H15N3S2. The summed E-state index contributed by atoms with van der Waals surface area (Å²) in [5, 5.41) is 16.1. The Kier molecular flexibility index (Phi) is 4.04. The van der Waals surface area contributed by atoms with Gasteiger partial charge in [0.1, 0.15) is 5.01 Å². The van der Waals surface area contributed by atoms with Crippen molar-refractivity contribution >= 4 is 22.7 Å². The Hall–Kier alpha value is -0.780. The standard InChI is InChI=1S/C11H15N3S2/c1-3-8(12-4-2)10-13-14-11(16-10)9-6-5-7-15-9/h5-8,12H,3-4H2,1-2H3. The van der Waals surface area contributed by atoms with E-state index in [1.54, 1.807) is 22.7 Å². The Morgan fingerprint density at radius 1 is 1.38 bits per heavy atom. The molecule has 2 rings (SSSR count). The number of thiophene rings is 1. The van der Waals surface area contributed by atoms with Crippen LogP contribution in [0.25, 0.3) is 9.88 Å². The Labute approximate surface area is 104 Å². The highest BCUT2D eigenvalue weighted by Crippen LogP contribution is 2.30. The van der Waals surface area contributed by atoms with Crippen molar-refractivity contribution in [2.24, 2.45) is 0 Å². The van der Waals surface area contributed by atoms with E-state index in [2.05, 4.69) is 40.8 Å². The monoisotopic (exact) mass is 253 g/mol. The predicted octanol–water partition coefficient (Wildman–Crippen LogP) is 3.33. The highest BCUT2D eigenvalue weighted by atomic mass is 32.1. The number of nitrogens with zero attached hydrogens (tertiary/aromatic N) is 2. The van der Waals surface area contributed by atoms with Crippen LogP contribution in [0.5, 0.6) is 0 Å². The minimum absolute atomic E-state index is 0.344. The second kappa shape index (κ2) is 5.52. The first-order chi connectivity index (χ1) is 7.85. The molecule has 2 heterocycles. The molecule has 86 valence electrons. The molecule has 0 bridgehead atoms. The molecule has 1 unspecified atom stereocenters. The number of hydrogen-bond donors (Lipinski definition) is 1. The molecule has 0 saturated heterocycles. The fourth-order valence-corrected chi connectivity index (χ4v) is 3.32. The molecule has 1 N–H and O–H groups in total. The van der Waals surface area contributed by atoms with Gasteiger partial charge in [-0.15, -0.1) is 21.5 Å². The zero-order valence-electron chi connectivity index (χ0n) is 9.43. The van der Waals surface area contributed by atoms with Gasteiger partial charge in [-0.1, -0.05) is 31.3 Å². The lowest BCUT2D eigenvalue weighted by molar-refractivity contribution is 0.531. The molecular weight excluding hydrogens is 238 g/mol. The second-order valence-corrected chi connectivity index (χ2v) is 5.40. The third kappa shape index (κ3) is 2.48. The topological polar surface area (TPSA) is 37.8 Å². The van der Waals surface area contributed by atoms with E-state index in [1.807, 2.05) is 6.07 Å². The van der Waals surface area contributed by atoms with Crippen LogP contribution < -0.4 is 5.32 Å². The van der Waals surface area contributed by atoms with Gasteiger partial charge in [-0.05, 0) is 24.4 Å². The van der Waals surface area contributed by atoms with E-state index >= 15 is 0 Å². The average molecular weight is 253 g/mol. The van der Waals surface area contributed by atoms with Gasteiger partial charge in [-0.3, -0.25) is 0 Å². The Balaban J connectivity index is 2.18. The van der Waals surface area contributed by atoms with Crippen molar-refractivity contribution in [2.75, 3.05) is 6.54 Å². The number of rotatable bonds is 5. The third-order valence-electron chi connectivity index (χ3n) is 2.33. The van der Waals surface area contributed by atoms with Crippen LogP contribution in [-0.4, -0.2) is 16.7 Å². The normalized spacial score (nSPS) is 12.9. The second-order valence-electron chi connectivity index (χ2n) is 3.44. The summed E-state index contributed by atoms with van der Waals surface area (Å²) >= 11 is 3.40. The van der Waals surface area contributed by atoms with E-state index in [0.717, 1.165) is 23.0 Å². The summed E-state index contributed by atoms with van der Waals surface area (Å²) in [6, 6.07) is 4.47. The van der Waals surface area contributed by atoms with E-state index in [4.69, 9.17) is 0 Å². The number of hydrogen-bond acceptors (Lipinski definition) is 5. The van der Waals surface area contributed by atoms with Gasteiger partial charge in [-0.25, -0.2) is 0 Å². The third-order valence-corrected chi connectivity index (χ3v) is 4.41. The van der Waals surface area contributed by atoms with Crippen molar-refractivity contribution in [3.63, 3.8) is 0 Å². The molecule has 16 heavy (non-hydrogen) atoms. The van der Waals surface area contributed by atoms with Crippen molar-refractivity contribution in [1.29, 1.82) is 0 Å². The molecule has 0 aromatic carbocycles. The summed E-state index contributed by atoms with van der Waals surface area (Å²) in [7, 11) is 0. The molecule has 2 aromatic rings. The molecule has 0 saturated carbocycles. The maximum absolute atomic E-state index is 4.27. The summed E-state index contributed by atoms with van der Waals surface area (Å²) in [5.74, 6) is 0. The van der Waals surface area contributed by atoms with Gasteiger partial charge in [0.2, 0.25) is 0 Å². The fraction of sp³-hybridized carbons (Fsp3) is 0.455. The highest BCUT2D eigenvalue weighted by Gasteiger charge is 2.14. The summed E-state index contributed by atoms with van der Waals surface area (Å²) in [5.41, 5.74) is 0. The van der Waals surface area contributed by atoms with Gasteiger partial charge in [0.15, 0.2) is 5.01 Å². The van der Waals surface area contributed by atoms with E-state index in [9.17, 15) is 0 Å². The lowest BCUT2D eigenvalue weighted by Gasteiger charge is -2.10. The SMILES string of the molecule is CCNC(CC)c1nnc(-c2cccs2)s1. The van der Waals surface area contributed by atoms with Crippen molar-refractivity contribution in [3.05, 3.63) is 22.5 Å². The van der Waals surface area contributed by atoms with E-state index in [0.29, 0.717) is 6.04 Å². The van der Waals surface area contributed by atoms with Crippen LogP contribution in [0.4, 0.5) is 0 Å². The number of aromatic nitrogens is 2. The van der Waals surface area contributed by atoms with E-state index in [1.165, 1.54) is 4.88 Å². The molecule has 0 radical (unpaired) electrons. The van der Waals surface area contributed by atoms with Gasteiger partial charge in [-0.2, -0.15) is 0 Å². The van der Waals surface area contributed by atoms with Crippen LogP contribution >= 0.6 is 22.7 Å². The van der Waals surface area contributed by atoms with Crippen molar-refractivity contribution in [2.45, 2.75) is 26.3 Å². The van der Waals surface area contributed by atoms with Gasteiger partial charge in [0, 0.05) is 0 Å². The van der Waals surface area contributed by atoms with Crippen LogP contribution in [0.1, 0.15) is 31.3 Å². The van der Waals surface area contributed by atoms with Crippen molar-refractivity contribution in [1.82, 2.24) is 15.5 Å². The maximum atomic E-state index is 4.27. The molecule has 3 nitrogen and oxygen atoms in total. The zero-order chi connectivity index (χ0) is 11.4. The van der Waals surface area contributed by atoms with Crippen molar-refractivity contribution < 1.29 is 0 Å². The van der Waals surface area contributed by atoms with Crippen LogP contribution in [0.3, 0.4) is 0 Å². The molecule has 1 atom stereocenters. The first-order valence-corrected chi connectivity index (χ1v) is 7.15. The Morgan fingerprint density at radius 3 is 2.88 bits per heavy atom. The van der Waals surface area contributed by atoms with Gasteiger partial charge in [0.05, 0.1) is 10.9 Å². The summed E-state index contributed by atoms with van der Waals surface area (Å²) in [4.78, 5) is 1.20. The lowest BCUT2D eigenvalue weighted by atomic mass is 10.2. The maximum Gasteiger partial charge on any atom is 0.157 e. The smallest absolute Gasteiger partial charge is 0.157 e. The lowest BCUT2D eigenvalue weighted by Crippen LogP contribution is -2.19. The highest BCUT2D eigenvalue weighted by molar-refractivity contribution is 7.20. The van der Waals surface area contributed by atoms with E-state index in [-0.39, 0.29) is 0 Å². The van der Waals surface area contributed by atoms with Crippen molar-refractivity contribution in [3.8, 4) is 9.88 Å². The fourth-order valence-electron chi connectivity index (χ4n) is 1.53. The quantitative estimate of drug-likeness (QED) is 0.888. The molecule has 2 aromatic heterocycles. The minimum atomic E-state index is 0.344. The Bertz CT molecular complexity index is 422. The average Bonchev–Trinajstić information content (AvgIpc) is 2.95. The first-order valence-electron chi connectivity index (χ1n) is 5.45. The molecule has 0 aliphatic rings. The van der Waals surface area contributed by atoms with Crippen LogP contribution in [-0.2, 0) is 0 Å².